The molecule has 30 heavy (non-hydrogen) atoms. The zero-order valence-electron chi connectivity index (χ0n) is 15.5. The predicted octanol–water partition coefficient (Wildman–Crippen LogP) is 7.12. The first-order chi connectivity index (χ1) is 14.1. The third-order valence-electron chi connectivity index (χ3n) is 4.16. The summed E-state index contributed by atoms with van der Waals surface area (Å²) >= 11 is 6.07. The van der Waals surface area contributed by atoms with Crippen LogP contribution in [0.1, 0.15) is 16.7 Å². The first kappa shape index (κ1) is 21.3. The summed E-state index contributed by atoms with van der Waals surface area (Å²) < 4.78 is 44.0. The summed E-state index contributed by atoms with van der Waals surface area (Å²) in [6, 6.07) is 13.9. The molecule has 0 aliphatic rings. The van der Waals surface area contributed by atoms with Crippen molar-refractivity contribution >= 4 is 29.2 Å². The van der Waals surface area contributed by atoms with E-state index in [-0.39, 0.29) is 11.5 Å². The Kier molecular flexibility index (Phi) is 6.07. The summed E-state index contributed by atoms with van der Waals surface area (Å²) in [6.07, 6.45) is -3.13. The molecule has 0 saturated heterocycles. The molecule has 3 rings (SSSR count). The van der Waals surface area contributed by atoms with E-state index in [9.17, 15) is 23.3 Å². The van der Waals surface area contributed by atoms with Crippen LogP contribution < -0.4 is 4.74 Å². The highest BCUT2D eigenvalue weighted by molar-refractivity contribution is 6.31. The molecule has 0 bridgehead atoms. The van der Waals surface area contributed by atoms with Crippen molar-refractivity contribution in [1.82, 2.24) is 0 Å². The Morgan fingerprint density at radius 3 is 2.53 bits per heavy atom. The Hall–Kier alpha value is -3.39. The molecule has 0 amide bonds. The molecule has 0 radical (unpaired) electrons. The number of ether oxygens (including phenoxy) is 1. The number of nitro benzene ring substituents is 1. The Balaban J connectivity index is 1.87. The largest absolute Gasteiger partial charge is 0.450 e. The summed E-state index contributed by atoms with van der Waals surface area (Å²) in [6.45, 7) is 1.83. The number of halogens is 4. The SMILES string of the molecule is Cc1c(Cl)cccc1N=Cc1cccc(Oc2ccc(C(F)(F)F)cc2[N+](=O)[O-])c1. The topological polar surface area (TPSA) is 64.7 Å². The fraction of sp³-hybridized carbons (Fsp3) is 0.0952. The lowest BCUT2D eigenvalue weighted by Crippen LogP contribution is -2.06. The minimum absolute atomic E-state index is 0.213. The number of alkyl halides is 3. The minimum atomic E-state index is -4.70. The average Bonchev–Trinajstić information content (AvgIpc) is 2.69. The summed E-state index contributed by atoms with van der Waals surface area (Å²) in [4.78, 5) is 14.7. The van der Waals surface area contributed by atoms with Crippen LogP contribution in [0.25, 0.3) is 0 Å². The summed E-state index contributed by atoms with van der Waals surface area (Å²) in [5.74, 6) is -0.0857. The van der Waals surface area contributed by atoms with E-state index in [2.05, 4.69) is 4.99 Å². The maximum Gasteiger partial charge on any atom is 0.416 e. The first-order valence-corrected chi connectivity index (χ1v) is 8.95. The Labute approximate surface area is 174 Å². The summed E-state index contributed by atoms with van der Waals surface area (Å²) in [5.41, 5.74) is 0.203. The van der Waals surface area contributed by atoms with E-state index in [4.69, 9.17) is 16.3 Å². The van der Waals surface area contributed by atoms with E-state index < -0.39 is 22.4 Å². The second-order valence-electron chi connectivity index (χ2n) is 6.25. The van der Waals surface area contributed by atoms with Gasteiger partial charge in [-0.05, 0) is 54.4 Å². The number of aliphatic imine (C=N–C) groups is 1. The highest BCUT2D eigenvalue weighted by Gasteiger charge is 2.33. The van der Waals surface area contributed by atoms with Gasteiger partial charge in [0, 0.05) is 17.3 Å². The van der Waals surface area contributed by atoms with Crippen molar-refractivity contribution in [2.24, 2.45) is 4.99 Å². The smallest absolute Gasteiger partial charge is 0.416 e. The van der Waals surface area contributed by atoms with Gasteiger partial charge in [-0.15, -0.1) is 0 Å². The highest BCUT2D eigenvalue weighted by atomic mass is 35.5. The molecule has 0 saturated carbocycles. The maximum atomic E-state index is 12.8. The van der Waals surface area contributed by atoms with Crippen LogP contribution in [0, 0.1) is 17.0 Å². The molecule has 5 nitrogen and oxygen atoms in total. The lowest BCUT2D eigenvalue weighted by atomic mass is 10.1. The van der Waals surface area contributed by atoms with E-state index in [1.165, 1.54) is 6.07 Å². The van der Waals surface area contributed by atoms with Gasteiger partial charge in [-0.1, -0.05) is 29.8 Å². The van der Waals surface area contributed by atoms with Gasteiger partial charge in [-0.2, -0.15) is 13.2 Å². The van der Waals surface area contributed by atoms with Gasteiger partial charge in [0.05, 0.1) is 16.2 Å². The van der Waals surface area contributed by atoms with Crippen LogP contribution >= 0.6 is 11.6 Å². The average molecular weight is 435 g/mol. The van der Waals surface area contributed by atoms with E-state index >= 15 is 0 Å². The molecule has 0 N–H and O–H groups in total. The van der Waals surface area contributed by atoms with Crippen molar-refractivity contribution < 1.29 is 22.8 Å². The monoisotopic (exact) mass is 434 g/mol. The quantitative estimate of drug-likeness (QED) is 0.244. The minimum Gasteiger partial charge on any atom is -0.450 e. The van der Waals surface area contributed by atoms with E-state index in [1.807, 2.05) is 6.92 Å². The normalized spacial score (nSPS) is 11.6. The van der Waals surface area contributed by atoms with E-state index in [1.54, 1.807) is 42.6 Å². The molecule has 0 aliphatic carbocycles. The molecule has 154 valence electrons. The third kappa shape index (κ3) is 4.96. The number of hydrogen-bond acceptors (Lipinski definition) is 4. The molecule has 0 spiro atoms. The van der Waals surface area contributed by atoms with Crippen LogP contribution in [-0.4, -0.2) is 11.1 Å². The fourth-order valence-corrected chi connectivity index (χ4v) is 2.76. The zero-order valence-corrected chi connectivity index (χ0v) is 16.2. The molecule has 0 heterocycles. The maximum absolute atomic E-state index is 12.8. The second-order valence-corrected chi connectivity index (χ2v) is 6.66. The van der Waals surface area contributed by atoms with Gasteiger partial charge in [0.25, 0.3) is 0 Å². The summed E-state index contributed by atoms with van der Waals surface area (Å²) in [5, 5.41) is 11.8. The number of nitro groups is 1. The van der Waals surface area contributed by atoms with Gasteiger partial charge in [-0.25, -0.2) is 0 Å². The molecule has 9 heteroatoms. The molecule has 3 aromatic carbocycles. The fourth-order valence-electron chi connectivity index (χ4n) is 2.59. The van der Waals surface area contributed by atoms with Gasteiger partial charge < -0.3 is 4.74 Å². The van der Waals surface area contributed by atoms with Crippen molar-refractivity contribution in [3.05, 3.63) is 92.5 Å². The molecular formula is C21H14ClF3N2O3. The van der Waals surface area contributed by atoms with Crippen LogP contribution in [0.15, 0.2) is 65.7 Å². The highest BCUT2D eigenvalue weighted by Crippen LogP contribution is 2.38. The van der Waals surface area contributed by atoms with Crippen LogP contribution in [0.4, 0.5) is 24.5 Å². The Bertz CT molecular complexity index is 1130. The predicted molar refractivity (Wildman–Crippen MR) is 108 cm³/mol. The third-order valence-corrected chi connectivity index (χ3v) is 4.57. The van der Waals surface area contributed by atoms with Gasteiger partial charge in [0.1, 0.15) is 5.75 Å². The van der Waals surface area contributed by atoms with E-state index in [0.29, 0.717) is 22.3 Å². The molecule has 0 atom stereocenters. The molecule has 3 aromatic rings. The molecular weight excluding hydrogens is 421 g/mol. The molecule has 0 unspecified atom stereocenters. The van der Waals surface area contributed by atoms with Gasteiger partial charge in [0.15, 0.2) is 0 Å². The van der Waals surface area contributed by atoms with Crippen LogP contribution in [0.3, 0.4) is 0 Å². The van der Waals surface area contributed by atoms with E-state index in [0.717, 1.165) is 17.7 Å². The van der Waals surface area contributed by atoms with Gasteiger partial charge in [-0.3, -0.25) is 15.1 Å². The van der Waals surface area contributed by atoms with Crippen LogP contribution in [-0.2, 0) is 6.18 Å². The van der Waals surface area contributed by atoms with Crippen molar-refractivity contribution in [2.45, 2.75) is 13.1 Å². The van der Waals surface area contributed by atoms with Gasteiger partial charge >= 0.3 is 11.9 Å². The van der Waals surface area contributed by atoms with Crippen LogP contribution in [0.2, 0.25) is 5.02 Å². The molecule has 0 fully saturated rings. The van der Waals surface area contributed by atoms with Crippen molar-refractivity contribution in [1.29, 1.82) is 0 Å². The second kappa shape index (κ2) is 8.54. The number of rotatable bonds is 5. The zero-order chi connectivity index (χ0) is 21.9. The first-order valence-electron chi connectivity index (χ1n) is 8.58. The van der Waals surface area contributed by atoms with Gasteiger partial charge in [0.2, 0.25) is 5.75 Å². The summed E-state index contributed by atoms with van der Waals surface area (Å²) in [7, 11) is 0. The number of benzene rings is 3. The van der Waals surface area contributed by atoms with Crippen molar-refractivity contribution in [2.75, 3.05) is 0 Å². The molecule has 0 aliphatic heterocycles. The van der Waals surface area contributed by atoms with Crippen molar-refractivity contribution in [3.8, 4) is 11.5 Å². The molecule has 0 aromatic heterocycles. The Morgan fingerprint density at radius 2 is 1.83 bits per heavy atom. The number of hydrogen-bond donors (Lipinski definition) is 0. The standard InChI is InChI=1S/C21H14ClF3N2O3/c1-13-17(22)6-3-7-18(13)26-12-14-4-2-5-16(10-14)30-20-9-8-15(21(23,24)25)11-19(20)27(28)29/h2-12H,1H3. The lowest BCUT2D eigenvalue weighted by Gasteiger charge is -2.10. The lowest BCUT2D eigenvalue weighted by molar-refractivity contribution is -0.385. The Morgan fingerprint density at radius 1 is 1.10 bits per heavy atom. The number of nitrogens with zero attached hydrogens (tertiary/aromatic N) is 2. The van der Waals surface area contributed by atoms with Crippen molar-refractivity contribution in [3.63, 3.8) is 0 Å². The van der Waals surface area contributed by atoms with Crippen LogP contribution in [0.5, 0.6) is 11.5 Å².